The first kappa shape index (κ1) is 13.2. The van der Waals surface area contributed by atoms with Gasteiger partial charge >= 0.3 is 0 Å². The molecule has 3 N–H and O–H groups in total. The minimum atomic E-state index is -0.595. The van der Waals surface area contributed by atoms with E-state index in [2.05, 4.69) is 15.4 Å². The van der Waals surface area contributed by atoms with Crippen LogP contribution in [0.4, 0.5) is 8.78 Å². The van der Waals surface area contributed by atoms with Crippen LogP contribution < -0.4 is 5.73 Å². The van der Waals surface area contributed by atoms with Gasteiger partial charge in [0.05, 0.1) is 16.7 Å². The second-order valence-corrected chi connectivity index (χ2v) is 4.44. The van der Waals surface area contributed by atoms with E-state index in [1.807, 2.05) is 0 Å². The summed E-state index contributed by atoms with van der Waals surface area (Å²) < 4.78 is 26.6. The highest BCUT2D eigenvalue weighted by atomic mass is 32.2. The van der Waals surface area contributed by atoms with Crippen LogP contribution in [-0.2, 0) is 0 Å². The number of rotatable bonds is 3. The summed E-state index contributed by atoms with van der Waals surface area (Å²) in [6.45, 7) is 0. The van der Waals surface area contributed by atoms with Gasteiger partial charge in [0.25, 0.3) is 0 Å². The van der Waals surface area contributed by atoms with Crippen molar-refractivity contribution in [1.82, 2.24) is 10.2 Å². The average molecular weight is 282 g/mol. The SMILES string of the molecule is N/C(=N/O)c1ccnnc1Sc1cc(F)ccc1F. The van der Waals surface area contributed by atoms with E-state index >= 15 is 0 Å². The molecule has 0 unspecified atom stereocenters. The maximum atomic E-state index is 13.5. The van der Waals surface area contributed by atoms with Gasteiger partial charge in [0, 0.05) is 0 Å². The normalized spacial score (nSPS) is 11.6. The molecule has 0 amide bonds. The molecular formula is C11H8F2N4OS. The highest BCUT2D eigenvalue weighted by Crippen LogP contribution is 2.30. The van der Waals surface area contributed by atoms with Gasteiger partial charge in [-0.1, -0.05) is 16.9 Å². The Morgan fingerprint density at radius 2 is 2.11 bits per heavy atom. The van der Waals surface area contributed by atoms with E-state index in [0.29, 0.717) is 0 Å². The van der Waals surface area contributed by atoms with Crippen LogP contribution in [0.25, 0.3) is 0 Å². The number of halogens is 2. The van der Waals surface area contributed by atoms with Crippen LogP contribution in [0.2, 0.25) is 0 Å². The summed E-state index contributed by atoms with van der Waals surface area (Å²) in [6.07, 6.45) is 1.35. The second kappa shape index (κ2) is 5.61. The van der Waals surface area contributed by atoms with E-state index in [4.69, 9.17) is 10.9 Å². The summed E-state index contributed by atoms with van der Waals surface area (Å²) in [7, 11) is 0. The number of oxime groups is 1. The van der Waals surface area contributed by atoms with Crippen LogP contribution in [0.3, 0.4) is 0 Å². The number of hydrogen-bond donors (Lipinski definition) is 2. The predicted octanol–water partition coefficient (Wildman–Crippen LogP) is 2.00. The van der Waals surface area contributed by atoms with Gasteiger partial charge in [-0.3, -0.25) is 0 Å². The third kappa shape index (κ3) is 2.97. The minimum Gasteiger partial charge on any atom is -0.409 e. The molecule has 0 aliphatic rings. The third-order valence-corrected chi connectivity index (χ3v) is 3.20. The number of benzene rings is 1. The number of aromatic nitrogens is 2. The van der Waals surface area contributed by atoms with Gasteiger partial charge in [-0.15, -0.1) is 5.10 Å². The molecule has 0 saturated carbocycles. The van der Waals surface area contributed by atoms with Crippen LogP contribution >= 0.6 is 11.8 Å². The van der Waals surface area contributed by atoms with Crippen LogP contribution in [0.15, 0.2) is 45.5 Å². The summed E-state index contributed by atoms with van der Waals surface area (Å²) in [5.41, 5.74) is 5.75. The number of nitrogens with zero attached hydrogens (tertiary/aromatic N) is 3. The Labute approximate surface area is 111 Å². The fourth-order valence-electron chi connectivity index (χ4n) is 1.30. The Kier molecular flexibility index (Phi) is 3.91. The van der Waals surface area contributed by atoms with Crippen LogP contribution in [0, 0.1) is 11.6 Å². The van der Waals surface area contributed by atoms with Gasteiger partial charge < -0.3 is 10.9 Å². The van der Waals surface area contributed by atoms with Gasteiger partial charge in [-0.2, -0.15) is 5.10 Å². The fraction of sp³-hybridized carbons (Fsp3) is 0. The topological polar surface area (TPSA) is 84.4 Å². The van der Waals surface area contributed by atoms with Gasteiger partial charge in [-0.05, 0) is 24.3 Å². The quantitative estimate of drug-likeness (QED) is 0.389. The monoisotopic (exact) mass is 282 g/mol. The standard InChI is InChI=1S/C11H8F2N4OS/c12-6-1-2-8(13)9(5-6)19-11-7(10(14)17-18)3-4-15-16-11/h1-5,18H,(H2,14,17). The molecule has 8 heteroatoms. The Morgan fingerprint density at radius 1 is 1.32 bits per heavy atom. The van der Waals surface area contributed by atoms with E-state index < -0.39 is 11.6 Å². The number of nitrogens with two attached hydrogens (primary N) is 1. The molecule has 1 aromatic carbocycles. The molecule has 2 aromatic rings. The Bertz CT molecular complexity index is 636. The maximum Gasteiger partial charge on any atom is 0.172 e. The first-order valence-corrected chi connectivity index (χ1v) is 5.86. The van der Waals surface area contributed by atoms with Crippen molar-refractivity contribution in [2.24, 2.45) is 10.9 Å². The number of hydrogen-bond acceptors (Lipinski definition) is 5. The van der Waals surface area contributed by atoms with Gasteiger partial charge in [0.1, 0.15) is 16.7 Å². The predicted molar refractivity (Wildman–Crippen MR) is 65.0 cm³/mol. The molecule has 0 aliphatic carbocycles. The molecule has 0 saturated heterocycles. The summed E-state index contributed by atoms with van der Waals surface area (Å²) in [4.78, 5) is 0.0347. The summed E-state index contributed by atoms with van der Waals surface area (Å²) in [5, 5.41) is 19.1. The van der Waals surface area contributed by atoms with Crippen LogP contribution in [0.1, 0.15) is 5.56 Å². The molecule has 1 heterocycles. The molecule has 19 heavy (non-hydrogen) atoms. The molecule has 98 valence electrons. The summed E-state index contributed by atoms with van der Waals surface area (Å²) in [6, 6.07) is 4.52. The van der Waals surface area contributed by atoms with E-state index in [1.54, 1.807) is 0 Å². The average Bonchev–Trinajstić information content (AvgIpc) is 2.42. The molecule has 1 aromatic heterocycles. The van der Waals surface area contributed by atoms with Crippen molar-refractivity contribution in [3.8, 4) is 0 Å². The lowest BCUT2D eigenvalue weighted by molar-refractivity contribution is 0.318. The van der Waals surface area contributed by atoms with Crippen LogP contribution in [0.5, 0.6) is 0 Å². The van der Waals surface area contributed by atoms with Crippen molar-refractivity contribution in [2.75, 3.05) is 0 Å². The zero-order valence-corrected chi connectivity index (χ0v) is 10.2. The first-order valence-electron chi connectivity index (χ1n) is 5.04. The lowest BCUT2D eigenvalue weighted by Gasteiger charge is -2.06. The molecule has 0 atom stereocenters. The van der Waals surface area contributed by atoms with Crippen LogP contribution in [-0.4, -0.2) is 21.2 Å². The maximum absolute atomic E-state index is 13.5. The van der Waals surface area contributed by atoms with Gasteiger partial charge in [0.15, 0.2) is 5.84 Å². The largest absolute Gasteiger partial charge is 0.409 e. The lowest BCUT2D eigenvalue weighted by atomic mass is 10.3. The Balaban J connectivity index is 2.41. The molecular weight excluding hydrogens is 274 g/mol. The molecule has 5 nitrogen and oxygen atoms in total. The van der Waals surface area contributed by atoms with Crippen molar-refractivity contribution in [1.29, 1.82) is 0 Å². The van der Waals surface area contributed by atoms with Crippen molar-refractivity contribution in [3.63, 3.8) is 0 Å². The van der Waals surface area contributed by atoms with Crippen molar-refractivity contribution >= 4 is 17.6 Å². The highest BCUT2D eigenvalue weighted by Gasteiger charge is 2.13. The van der Waals surface area contributed by atoms with E-state index in [0.717, 1.165) is 30.0 Å². The van der Waals surface area contributed by atoms with Gasteiger partial charge in [0.2, 0.25) is 0 Å². The smallest absolute Gasteiger partial charge is 0.172 e. The molecule has 0 bridgehead atoms. The molecule has 0 radical (unpaired) electrons. The summed E-state index contributed by atoms with van der Waals surface area (Å²) >= 11 is 0.838. The highest BCUT2D eigenvalue weighted by molar-refractivity contribution is 7.99. The zero-order valence-electron chi connectivity index (χ0n) is 9.42. The van der Waals surface area contributed by atoms with E-state index in [-0.39, 0.29) is 21.3 Å². The molecule has 0 spiro atoms. The van der Waals surface area contributed by atoms with E-state index in [1.165, 1.54) is 12.3 Å². The summed E-state index contributed by atoms with van der Waals surface area (Å²) in [5.74, 6) is -1.35. The van der Waals surface area contributed by atoms with Crippen molar-refractivity contribution in [2.45, 2.75) is 9.92 Å². The molecule has 0 fully saturated rings. The minimum absolute atomic E-state index is 0.0347. The van der Waals surface area contributed by atoms with Crippen molar-refractivity contribution < 1.29 is 14.0 Å². The Hall–Kier alpha value is -2.22. The van der Waals surface area contributed by atoms with E-state index in [9.17, 15) is 8.78 Å². The molecule has 2 rings (SSSR count). The number of amidine groups is 1. The third-order valence-electron chi connectivity index (χ3n) is 2.17. The lowest BCUT2D eigenvalue weighted by Crippen LogP contribution is -2.15. The Morgan fingerprint density at radius 3 is 2.84 bits per heavy atom. The fourth-order valence-corrected chi connectivity index (χ4v) is 2.22. The first-order chi connectivity index (χ1) is 9.11. The second-order valence-electron chi connectivity index (χ2n) is 3.41. The van der Waals surface area contributed by atoms with Crippen molar-refractivity contribution in [3.05, 3.63) is 47.7 Å². The van der Waals surface area contributed by atoms with Gasteiger partial charge in [-0.25, -0.2) is 8.78 Å². The molecule has 0 aliphatic heterocycles. The zero-order chi connectivity index (χ0) is 13.8.